The van der Waals surface area contributed by atoms with Crippen molar-refractivity contribution in [1.29, 1.82) is 0 Å². The molecule has 2 aromatic rings. The largest absolute Gasteiger partial charge is 0.357 e. The van der Waals surface area contributed by atoms with Crippen LogP contribution in [0, 0.1) is 0 Å². The Bertz CT molecular complexity index is 731. The lowest BCUT2D eigenvalue weighted by Crippen LogP contribution is -2.51. The fourth-order valence-corrected chi connectivity index (χ4v) is 3.53. The molecule has 7 nitrogen and oxygen atoms in total. The van der Waals surface area contributed by atoms with E-state index in [0.717, 1.165) is 44.3 Å². The van der Waals surface area contributed by atoms with E-state index in [1.54, 1.807) is 11.0 Å². The molecule has 0 bridgehead atoms. The summed E-state index contributed by atoms with van der Waals surface area (Å²) in [7, 11) is 1.89. The molecule has 2 unspecified atom stereocenters. The molecule has 3 rings (SSSR count). The summed E-state index contributed by atoms with van der Waals surface area (Å²) in [6.07, 6.45) is 3.79. The average molecular weight is 497 g/mol. The molecule has 0 spiro atoms. The molecule has 2 heterocycles. The second-order valence-corrected chi connectivity index (χ2v) is 7.17. The van der Waals surface area contributed by atoms with E-state index in [2.05, 4.69) is 74.8 Å². The first-order valence-corrected chi connectivity index (χ1v) is 9.81. The summed E-state index contributed by atoms with van der Waals surface area (Å²) in [5.41, 5.74) is 1.38. The Morgan fingerprint density at radius 3 is 2.71 bits per heavy atom. The molecule has 28 heavy (non-hydrogen) atoms. The zero-order chi connectivity index (χ0) is 19.1. The first kappa shape index (κ1) is 22.6. The highest BCUT2D eigenvalue weighted by atomic mass is 127. The minimum atomic E-state index is 0. The minimum Gasteiger partial charge on any atom is -0.357 e. The first-order valence-electron chi connectivity index (χ1n) is 9.81. The number of aromatic nitrogens is 3. The van der Waals surface area contributed by atoms with Gasteiger partial charge >= 0.3 is 0 Å². The molecule has 1 aromatic carbocycles. The van der Waals surface area contributed by atoms with Crippen LogP contribution in [0.4, 0.5) is 0 Å². The lowest BCUT2D eigenvalue weighted by molar-refractivity contribution is 0.134. The number of likely N-dealkylation sites (tertiary alicyclic amines) is 1. The van der Waals surface area contributed by atoms with Crippen molar-refractivity contribution in [2.45, 2.75) is 51.9 Å². The van der Waals surface area contributed by atoms with Gasteiger partial charge in [0.25, 0.3) is 0 Å². The maximum absolute atomic E-state index is 4.68. The highest BCUT2D eigenvalue weighted by Crippen LogP contribution is 2.19. The van der Waals surface area contributed by atoms with Gasteiger partial charge in [-0.1, -0.05) is 30.3 Å². The van der Waals surface area contributed by atoms with Gasteiger partial charge in [0.2, 0.25) is 0 Å². The van der Waals surface area contributed by atoms with Crippen LogP contribution in [0.5, 0.6) is 0 Å². The number of hydrogen-bond donors (Lipinski definition) is 2. The Balaban J connectivity index is 0.00000280. The lowest BCUT2D eigenvalue weighted by atomic mass is 9.97. The van der Waals surface area contributed by atoms with Crippen LogP contribution in [-0.2, 0) is 20.1 Å². The van der Waals surface area contributed by atoms with Crippen molar-refractivity contribution in [1.82, 2.24) is 30.3 Å². The van der Waals surface area contributed by atoms with E-state index in [1.165, 1.54) is 5.56 Å². The third kappa shape index (κ3) is 6.44. The van der Waals surface area contributed by atoms with E-state index < -0.39 is 0 Å². The SMILES string of the molecule is CCNC(=NCc1ncnn1C)NC1CCN(Cc2ccccc2)C(C)C1.I. The van der Waals surface area contributed by atoms with Gasteiger partial charge in [0.1, 0.15) is 18.7 Å². The Hall–Kier alpha value is -1.68. The molecule has 1 saturated heterocycles. The van der Waals surface area contributed by atoms with E-state index >= 15 is 0 Å². The minimum absolute atomic E-state index is 0. The lowest BCUT2D eigenvalue weighted by Gasteiger charge is -2.38. The number of aliphatic imine (C=N–C) groups is 1. The van der Waals surface area contributed by atoms with E-state index in [-0.39, 0.29) is 24.0 Å². The number of rotatable bonds is 6. The van der Waals surface area contributed by atoms with Gasteiger partial charge in [-0.05, 0) is 32.3 Å². The predicted molar refractivity (Wildman–Crippen MR) is 124 cm³/mol. The molecule has 8 heteroatoms. The zero-order valence-corrected chi connectivity index (χ0v) is 19.3. The van der Waals surface area contributed by atoms with Crippen molar-refractivity contribution in [3.63, 3.8) is 0 Å². The summed E-state index contributed by atoms with van der Waals surface area (Å²) < 4.78 is 1.76. The standard InChI is InChI=1S/C20H31N7.HI/c1-4-21-20(22-13-19-23-15-24-26(19)3)25-18-10-11-27(16(2)12-18)14-17-8-6-5-7-9-17;/h5-9,15-16,18H,4,10-14H2,1-3H3,(H2,21,22,25);1H. The Morgan fingerprint density at radius 2 is 2.07 bits per heavy atom. The van der Waals surface area contributed by atoms with Gasteiger partial charge in [0, 0.05) is 38.8 Å². The molecule has 0 amide bonds. The Labute approximate surface area is 185 Å². The van der Waals surface area contributed by atoms with Gasteiger partial charge in [-0.2, -0.15) is 5.10 Å². The van der Waals surface area contributed by atoms with Crippen LogP contribution in [0.15, 0.2) is 41.7 Å². The first-order chi connectivity index (χ1) is 13.2. The van der Waals surface area contributed by atoms with Gasteiger partial charge in [-0.15, -0.1) is 24.0 Å². The Morgan fingerprint density at radius 1 is 1.29 bits per heavy atom. The summed E-state index contributed by atoms with van der Waals surface area (Å²) >= 11 is 0. The summed E-state index contributed by atoms with van der Waals surface area (Å²) in [6, 6.07) is 11.7. The summed E-state index contributed by atoms with van der Waals surface area (Å²) in [5, 5.41) is 11.1. The quantitative estimate of drug-likeness (QED) is 0.365. The molecule has 0 radical (unpaired) electrons. The smallest absolute Gasteiger partial charge is 0.191 e. The molecule has 1 aliphatic rings. The molecule has 2 atom stereocenters. The fraction of sp³-hybridized carbons (Fsp3) is 0.550. The van der Waals surface area contributed by atoms with Crippen LogP contribution < -0.4 is 10.6 Å². The van der Waals surface area contributed by atoms with E-state index in [1.807, 2.05) is 7.05 Å². The van der Waals surface area contributed by atoms with Crippen molar-refractivity contribution < 1.29 is 0 Å². The van der Waals surface area contributed by atoms with Crippen molar-refractivity contribution in [3.8, 4) is 0 Å². The second-order valence-electron chi connectivity index (χ2n) is 7.17. The third-order valence-corrected chi connectivity index (χ3v) is 5.11. The zero-order valence-electron chi connectivity index (χ0n) is 17.0. The predicted octanol–water partition coefficient (Wildman–Crippen LogP) is 2.54. The van der Waals surface area contributed by atoms with E-state index in [4.69, 9.17) is 0 Å². The topological polar surface area (TPSA) is 70.4 Å². The molecule has 154 valence electrons. The summed E-state index contributed by atoms with van der Waals surface area (Å²) in [4.78, 5) is 11.5. The molecular weight excluding hydrogens is 465 g/mol. The van der Waals surface area contributed by atoms with E-state index in [9.17, 15) is 0 Å². The number of piperidine rings is 1. The number of benzene rings is 1. The monoisotopic (exact) mass is 497 g/mol. The number of nitrogens with zero attached hydrogens (tertiary/aromatic N) is 5. The van der Waals surface area contributed by atoms with Gasteiger partial charge < -0.3 is 10.6 Å². The van der Waals surface area contributed by atoms with Crippen LogP contribution in [0.25, 0.3) is 0 Å². The third-order valence-electron chi connectivity index (χ3n) is 5.11. The maximum Gasteiger partial charge on any atom is 0.191 e. The number of aryl methyl sites for hydroxylation is 1. The van der Waals surface area contributed by atoms with Crippen molar-refractivity contribution in [3.05, 3.63) is 48.0 Å². The highest BCUT2D eigenvalue weighted by molar-refractivity contribution is 14.0. The Kier molecular flexibility index (Phi) is 9.17. The summed E-state index contributed by atoms with van der Waals surface area (Å²) in [5.74, 6) is 1.72. The number of hydrogen-bond acceptors (Lipinski definition) is 4. The molecule has 2 N–H and O–H groups in total. The number of nitrogens with one attached hydrogen (secondary N) is 2. The average Bonchev–Trinajstić information content (AvgIpc) is 3.08. The van der Waals surface area contributed by atoms with Crippen LogP contribution in [-0.4, -0.2) is 50.8 Å². The van der Waals surface area contributed by atoms with Gasteiger partial charge in [0.15, 0.2) is 5.96 Å². The van der Waals surface area contributed by atoms with Crippen LogP contribution >= 0.6 is 24.0 Å². The number of guanidine groups is 1. The molecule has 0 aliphatic carbocycles. The molecule has 1 fully saturated rings. The normalized spacial score (nSPS) is 20.5. The van der Waals surface area contributed by atoms with Crippen molar-refractivity contribution in [2.24, 2.45) is 12.0 Å². The van der Waals surface area contributed by atoms with Gasteiger partial charge in [-0.3, -0.25) is 9.58 Å². The van der Waals surface area contributed by atoms with Gasteiger partial charge in [0.05, 0.1) is 0 Å². The number of halogens is 1. The van der Waals surface area contributed by atoms with Crippen molar-refractivity contribution >= 4 is 29.9 Å². The highest BCUT2D eigenvalue weighted by Gasteiger charge is 2.25. The maximum atomic E-state index is 4.68. The molecule has 0 saturated carbocycles. The fourth-order valence-electron chi connectivity index (χ4n) is 3.53. The molecule has 1 aliphatic heterocycles. The van der Waals surface area contributed by atoms with Gasteiger partial charge in [-0.25, -0.2) is 9.98 Å². The molecular formula is C20H32IN7. The van der Waals surface area contributed by atoms with Crippen LogP contribution in [0.2, 0.25) is 0 Å². The summed E-state index contributed by atoms with van der Waals surface area (Å²) in [6.45, 7) is 7.89. The molecule has 1 aromatic heterocycles. The van der Waals surface area contributed by atoms with Crippen LogP contribution in [0.3, 0.4) is 0 Å². The second kappa shape index (κ2) is 11.4. The van der Waals surface area contributed by atoms with Crippen molar-refractivity contribution in [2.75, 3.05) is 13.1 Å². The van der Waals surface area contributed by atoms with E-state index in [0.29, 0.717) is 18.6 Å². The van der Waals surface area contributed by atoms with Crippen LogP contribution in [0.1, 0.15) is 38.1 Å².